The molecule has 1 saturated carbocycles. The van der Waals surface area contributed by atoms with Gasteiger partial charge in [-0.1, -0.05) is 40.9 Å². The average Bonchev–Trinajstić information content (AvgIpc) is 3.20. The highest BCUT2D eigenvalue weighted by molar-refractivity contribution is 9.10. The number of allylic oxidation sites excluding steroid dienone is 1. The van der Waals surface area contributed by atoms with Gasteiger partial charge in [0, 0.05) is 35.6 Å². The molecule has 2 aliphatic rings. The predicted octanol–water partition coefficient (Wildman–Crippen LogP) is 4.26. The molecule has 1 aromatic carbocycles. The summed E-state index contributed by atoms with van der Waals surface area (Å²) in [6.07, 6.45) is 7.25. The lowest BCUT2D eigenvalue weighted by molar-refractivity contribution is -0.166. The number of carbonyl (C=O) groups excluding carboxylic acids is 1. The van der Waals surface area contributed by atoms with Crippen molar-refractivity contribution in [3.05, 3.63) is 46.1 Å². The summed E-state index contributed by atoms with van der Waals surface area (Å²) >= 11 is 3.49. The van der Waals surface area contributed by atoms with Gasteiger partial charge < -0.3 is 19.9 Å². The molecule has 0 radical (unpaired) electrons. The second kappa shape index (κ2) is 10.4. The second-order valence-corrected chi connectivity index (χ2v) is 8.45. The third-order valence-corrected chi connectivity index (χ3v) is 6.11. The summed E-state index contributed by atoms with van der Waals surface area (Å²) in [5.41, 5.74) is 1.12. The number of carbonyl (C=O) groups is 1. The number of hydrogen-bond acceptors (Lipinski definition) is 4. The number of amides is 1. The zero-order chi connectivity index (χ0) is 19.9. The van der Waals surface area contributed by atoms with Gasteiger partial charge in [0.25, 0.3) is 5.91 Å². The van der Waals surface area contributed by atoms with Crippen molar-refractivity contribution >= 4 is 21.8 Å². The van der Waals surface area contributed by atoms with Gasteiger partial charge in [0.2, 0.25) is 6.29 Å². The number of rotatable bonds is 8. The average molecular weight is 452 g/mol. The molecule has 0 unspecified atom stereocenters. The van der Waals surface area contributed by atoms with Gasteiger partial charge in [-0.25, -0.2) is 0 Å². The Morgan fingerprint density at radius 1 is 1.29 bits per heavy atom. The van der Waals surface area contributed by atoms with E-state index in [1.165, 1.54) is 0 Å². The first-order valence-corrected chi connectivity index (χ1v) is 11.1. The Kier molecular flexibility index (Phi) is 7.94. The molecule has 3 atom stereocenters. The first-order chi connectivity index (χ1) is 13.6. The topological polar surface area (TPSA) is 67.8 Å². The molecule has 0 saturated heterocycles. The molecule has 3 rings (SSSR count). The van der Waals surface area contributed by atoms with E-state index in [0.29, 0.717) is 18.8 Å². The largest absolute Gasteiger partial charge is 0.459 e. The molecule has 1 amide bonds. The smallest absolute Gasteiger partial charge is 0.286 e. The summed E-state index contributed by atoms with van der Waals surface area (Å²) in [5.74, 6) is 0.225. The van der Waals surface area contributed by atoms with Crippen molar-refractivity contribution in [3.8, 4) is 0 Å². The number of ether oxygens (including phenoxy) is 2. The van der Waals surface area contributed by atoms with Crippen molar-refractivity contribution in [1.82, 2.24) is 5.32 Å². The molecule has 1 aromatic rings. The van der Waals surface area contributed by atoms with Crippen molar-refractivity contribution in [1.29, 1.82) is 0 Å². The standard InChI is InChI=1S/C22H30BrNO4/c1-2-27-22-18(8-5-13-25)19(15-9-11-16(23)12-10-15)14-20(28-22)21(26)24-17-6-3-4-7-17/h9-12,14,17-19,22,25H,2-8,13H2,1H3,(H,24,26)/t18-,19-,22-/m1/s1. The minimum absolute atomic E-state index is 0.00530. The first-order valence-electron chi connectivity index (χ1n) is 10.3. The fourth-order valence-electron chi connectivity index (χ4n) is 4.16. The molecule has 1 fully saturated rings. The van der Waals surface area contributed by atoms with Crippen LogP contribution in [0.2, 0.25) is 0 Å². The van der Waals surface area contributed by atoms with Gasteiger partial charge in [-0.15, -0.1) is 0 Å². The molecular formula is C22H30BrNO4. The maximum absolute atomic E-state index is 12.8. The van der Waals surface area contributed by atoms with Gasteiger partial charge in [0.15, 0.2) is 5.76 Å². The van der Waals surface area contributed by atoms with E-state index in [-0.39, 0.29) is 30.4 Å². The lowest BCUT2D eigenvalue weighted by atomic mass is 9.80. The molecule has 28 heavy (non-hydrogen) atoms. The van der Waals surface area contributed by atoms with Gasteiger partial charge in [-0.05, 0) is 56.4 Å². The number of hydrogen-bond donors (Lipinski definition) is 2. The second-order valence-electron chi connectivity index (χ2n) is 7.53. The normalized spacial score (nSPS) is 25.2. The van der Waals surface area contributed by atoms with Gasteiger partial charge in [0.05, 0.1) is 0 Å². The van der Waals surface area contributed by atoms with Crippen LogP contribution in [0.1, 0.15) is 56.9 Å². The Balaban J connectivity index is 1.87. The Bertz CT molecular complexity index is 670. The van der Waals surface area contributed by atoms with Crippen LogP contribution < -0.4 is 5.32 Å². The van der Waals surface area contributed by atoms with E-state index in [2.05, 4.69) is 33.4 Å². The number of halogens is 1. The van der Waals surface area contributed by atoms with Crippen molar-refractivity contribution in [2.24, 2.45) is 5.92 Å². The fourth-order valence-corrected chi connectivity index (χ4v) is 4.42. The number of aliphatic hydroxyl groups is 1. The minimum Gasteiger partial charge on any atom is -0.459 e. The van der Waals surface area contributed by atoms with Gasteiger partial charge in [0.1, 0.15) is 0 Å². The molecule has 1 aliphatic heterocycles. The van der Waals surface area contributed by atoms with Crippen LogP contribution in [0.3, 0.4) is 0 Å². The fraction of sp³-hybridized carbons (Fsp3) is 0.591. The van der Waals surface area contributed by atoms with E-state index in [1.54, 1.807) is 0 Å². The van der Waals surface area contributed by atoms with Gasteiger partial charge in [-0.3, -0.25) is 4.79 Å². The highest BCUT2D eigenvalue weighted by Gasteiger charge is 2.38. The van der Waals surface area contributed by atoms with Crippen LogP contribution in [0.25, 0.3) is 0 Å². The SMILES string of the molecule is CCO[C@@H]1OC(C(=O)NC2CCCC2)=C[C@H](c2ccc(Br)cc2)[C@H]1CCCO. The van der Waals surface area contributed by atoms with Gasteiger partial charge in [-0.2, -0.15) is 0 Å². The maximum atomic E-state index is 12.8. The van der Waals surface area contributed by atoms with Crippen molar-refractivity contribution in [3.63, 3.8) is 0 Å². The number of aliphatic hydroxyl groups excluding tert-OH is 1. The number of nitrogens with one attached hydrogen (secondary N) is 1. The summed E-state index contributed by atoms with van der Waals surface area (Å²) in [5, 5.41) is 12.5. The Labute approximate surface area is 175 Å². The Morgan fingerprint density at radius 3 is 2.64 bits per heavy atom. The van der Waals surface area contributed by atoms with E-state index < -0.39 is 6.29 Å². The maximum Gasteiger partial charge on any atom is 0.286 e. The third-order valence-electron chi connectivity index (χ3n) is 5.58. The summed E-state index contributed by atoms with van der Waals surface area (Å²) in [7, 11) is 0. The highest BCUT2D eigenvalue weighted by atomic mass is 79.9. The molecule has 154 valence electrons. The minimum atomic E-state index is -0.500. The zero-order valence-corrected chi connectivity index (χ0v) is 18.0. The molecule has 0 spiro atoms. The highest BCUT2D eigenvalue weighted by Crippen LogP contribution is 2.39. The van der Waals surface area contributed by atoms with E-state index in [0.717, 1.165) is 42.1 Å². The van der Waals surface area contributed by atoms with E-state index in [4.69, 9.17) is 9.47 Å². The molecule has 6 heteroatoms. The first kappa shape index (κ1) is 21.3. The van der Waals surface area contributed by atoms with Crippen LogP contribution >= 0.6 is 15.9 Å². The predicted molar refractivity (Wildman–Crippen MR) is 112 cm³/mol. The van der Waals surface area contributed by atoms with Crippen LogP contribution in [-0.2, 0) is 14.3 Å². The van der Waals surface area contributed by atoms with Crippen molar-refractivity contribution in [2.75, 3.05) is 13.2 Å². The molecule has 0 aromatic heterocycles. The molecule has 1 heterocycles. The van der Waals surface area contributed by atoms with E-state index >= 15 is 0 Å². The lowest BCUT2D eigenvalue weighted by Crippen LogP contribution is -2.41. The summed E-state index contributed by atoms with van der Waals surface area (Å²) in [6.45, 7) is 2.56. The molecular weight excluding hydrogens is 422 g/mol. The summed E-state index contributed by atoms with van der Waals surface area (Å²) < 4.78 is 12.9. The van der Waals surface area contributed by atoms with Crippen LogP contribution in [0.5, 0.6) is 0 Å². The van der Waals surface area contributed by atoms with Crippen molar-refractivity contribution in [2.45, 2.75) is 63.7 Å². The Hall–Kier alpha value is -1.37. The number of benzene rings is 1. The summed E-state index contributed by atoms with van der Waals surface area (Å²) in [4.78, 5) is 12.8. The van der Waals surface area contributed by atoms with Gasteiger partial charge >= 0.3 is 0 Å². The van der Waals surface area contributed by atoms with E-state index in [1.807, 2.05) is 25.1 Å². The quantitative estimate of drug-likeness (QED) is 0.619. The van der Waals surface area contributed by atoms with Crippen LogP contribution in [0.15, 0.2) is 40.6 Å². The monoisotopic (exact) mass is 451 g/mol. The van der Waals surface area contributed by atoms with Crippen LogP contribution in [-0.4, -0.2) is 36.6 Å². The zero-order valence-electron chi connectivity index (χ0n) is 16.4. The molecule has 5 nitrogen and oxygen atoms in total. The molecule has 0 bridgehead atoms. The van der Waals surface area contributed by atoms with Crippen LogP contribution in [0, 0.1) is 5.92 Å². The summed E-state index contributed by atoms with van der Waals surface area (Å²) in [6, 6.07) is 8.39. The van der Waals surface area contributed by atoms with Crippen LogP contribution in [0.4, 0.5) is 0 Å². The van der Waals surface area contributed by atoms with Crippen molar-refractivity contribution < 1.29 is 19.4 Å². The Morgan fingerprint density at radius 2 is 2.00 bits per heavy atom. The molecule has 1 aliphatic carbocycles. The van der Waals surface area contributed by atoms with E-state index in [9.17, 15) is 9.90 Å². The third kappa shape index (κ3) is 5.37. The molecule has 2 N–H and O–H groups in total. The lowest BCUT2D eigenvalue weighted by Gasteiger charge is -2.37.